The van der Waals surface area contributed by atoms with E-state index in [1.54, 1.807) is 0 Å². The summed E-state index contributed by atoms with van der Waals surface area (Å²) in [6.07, 6.45) is 0. The fourth-order valence-corrected chi connectivity index (χ4v) is 8.62. The highest BCUT2D eigenvalue weighted by atomic mass is 16.3. The van der Waals surface area contributed by atoms with Gasteiger partial charge in [-0.05, 0) is 113 Å². The van der Waals surface area contributed by atoms with Crippen LogP contribution in [0.2, 0.25) is 0 Å². The van der Waals surface area contributed by atoms with Crippen LogP contribution in [0.5, 0.6) is 0 Å². The third kappa shape index (κ3) is 3.52. The molecular formula is C48H26O2. The molecule has 0 saturated heterocycles. The van der Waals surface area contributed by atoms with Gasteiger partial charge in [-0.15, -0.1) is 0 Å². The van der Waals surface area contributed by atoms with Crippen molar-refractivity contribution in [3.63, 3.8) is 0 Å². The first kappa shape index (κ1) is 26.3. The van der Waals surface area contributed by atoms with Crippen molar-refractivity contribution < 1.29 is 8.83 Å². The Hall–Kier alpha value is -6.64. The molecule has 0 N–H and O–H groups in total. The minimum absolute atomic E-state index is 0.886. The lowest BCUT2D eigenvalue weighted by Crippen LogP contribution is -1.89. The first-order chi connectivity index (χ1) is 24.7. The van der Waals surface area contributed by atoms with Gasteiger partial charge in [-0.25, -0.2) is 0 Å². The SMILES string of the molecule is c1ccc2cc3c(cc2c1)oc1ccc(-c2ccc(-c4ccc5ccc6cccc7ccc4c5c67)c4c2oc2cc5ccccc5cc24)cc13. The number of hydrogen-bond donors (Lipinski definition) is 0. The van der Waals surface area contributed by atoms with Gasteiger partial charge in [0.25, 0.3) is 0 Å². The zero-order chi connectivity index (χ0) is 32.5. The molecule has 0 fully saturated rings. The second-order valence-corrected chi connectivity index (χ2v) is 13.6. The first-order valence-corrected chi connectivity index (χ1v) is 17.2. The first-order valence-electron chi connectivity index (χ1n) is 17.2. The molecule has 10 aromatic carbocycles. The van der Waals surface area contributed by atoms with Crippen molar-refractivity contribution in [2.45, 2.75) is 0 Å². The summed E-state index contributed by atoms with van der Waals surface area (Å²) in [6.45, 7) is 0. The number of benzene rings is 10. The molecule has 2 heteroatoms. The standard InChI is InChI=1S/C48H26O2/c1-3-8-32-25-43-40(22-30(32)6-1)39-24-34(16-21-42(39)49-43)35-19-20-38(47-41-23-31-7-2-4-9-33(31)26-44(41)50-48(35)47)36-17-14-29-13-12-27-10-5-11-28-15-18-37(36)46(29)45(27)28/h1-26H. The molecule has 2 heterocycles. The molecule has 0 atom stereocenters. The molecule has 2 nitrogen and oxygen atoms in total. The summed E-state index contributed by atoms with van der Waals surface area (Å²) in [6, 6.07) is 57.2. The third-order valence-corrected chi connectivity index (χ3v) is 11.0. The third-order valence-electron chi connectivity index (χ3n) is 11.0. The summed E-state index contributed by atoms with van der Waals surface area (Å²) in [7, 11) is 0. The molecule has 0 aliphatic heterocycles. The van der Waals surface area contributed by atoms with Crippen LogP contribution in [0.25, 0.3) is 120 Å². The van der Waals surface area contributed by atoms with Crippen molar-refractivity contribution in [2.24, 2.45) is 0 Å². The van der Waals surface area contributed by atoms with Crippen molar-refractivity contribution in [3.8, 4) is 22.3 Å². The molecule has 0 amide bonds. The van der Waals surface area contributed by atoms with Gasteiger partial charge in [0.1, 0.15) is 22.3 Å². The Balaban J connectivity index is 1.17. The number of rotatable bonds is 2. The maximum absolute atomic E-state index is 6.95. The largest absolute Gasteiger partial charge is 0.456 e. The molecule has 0 aliphatic carbocycles. The van der Waals surface area contributed by atoms with Crippen LogP contribution in [0.3, 0.4) is 0 Å². The van der Waals surface area contributed by atoms with Crippen LogP contribution in [0.4, 0.5) is 0 Å². The topological polar surface area (TPSA) is 26.3 Å². The molecule has 0 spiro atoms. The number of hydrogen-bond acceptors (Lipinski definition) is 2. The summed E-state index contributed by atoms with van der Waals surface area (Å²) in [5.74, 6) is 0. The van der Waals surface area contributed by atoms with Gasteiger partial charge in [0.05, 0.1) is 0 Å². The minimum Gasteiger partial charge on any atom is -0.456 e. The highest BCUT2D eigenvalue weighted by molar-refractivity contribution is 6.28. The van der Waals surface area contributed by atoms with E-state index in [1.165, 1.54) is 65.0 Å². The van der Waals surface area contributed by atoms with Crippen LogP contribution in [-0.2, 0) is 0 Å². The summed E-state index contributed by atoms with van der Waals surface area (Å²) < 4.78 is 13.3. The average Bonchev–Trinajstić information content (AvgIpc) is 3.72. The van der Waals surface area contributed by atoms with E-state index in [2.05, 4.69) is 158 Å². The van der Waals surface area contributed by atoms with Crippen LogP contribution < -0.4 is 0 Å². The lowest BCUT2D eigenvalue weighted by atomic mass is 9.87. The minimum atomic E-state index is 0.886. The Labute approximate surface area is 285 Å². The van der Waals surface area contributed by atoms with Gasteiger partial charge in [-0.3, -0.25) is 0 Å². The summed E-state index contributed by atoms with van der Waals surface area (Å²) >= 11 is 0. The maximum Gasteiger partial charge on any atom is 0.143 e. The van der Waals surface area contributed by atoms with Gasteiger partial charge in [0.2, 0.25) is 0 Å². The molecule has 230 valence electrons. The van der Waals surface area contributed by atoms with E-state index in [0.717, 1.165) is 55.0 Å². The number of furan rings is 2. The fourth-order valence-electron chi connectivity index (χ4n) is 8.62. The Morgan fingerprint density at radius 2 is 0.840 bits per heavy atom. The Morgan fingerprint density at radius 1 is 0.280 bits per heavy atom. The molecule has 0 unspecified atom stereocenters. The Morgan fingerprint density at radius 3 is 1.60 bits per heavy atom. The second kappa shape index (κ2) is 9.49. The molecule has 0 saturated carbocycles. The van der Waals surface area contributed by atoms with Crippen LogP contribution in [-0.4, -0.2) is 0 Å². The Kier molecular flexibility index (Phi) is 5.00. The van der Waals surface area contributed by atoms with Gasteiger partial charge in [0.15, 0.2) is 0 Å². The molecule has 50 heavy (non-hydrogen) atoms. The van der Waals surface area contributed by atoms with E-state index >= 15 is 0 Å². The van der Waals surface area contributed by atoms with Crippen molar-refractivity contribution in [1.29, 1.82) is 0 Å². The van der Waals surface area contributed by atoms with Crippen LogP contribution in [0.1, 0.15) is 0 Å². The molecule has 0 bridgehead atoms. The predicted molar refractivity (Wildman–Crippen MR) is 211 cm³/mol. The van der Waals surface area contributed by atoms with Crippen molar-refractivity contribution in [1.82, 2.24) is 0 Å². The van der Waals surface area contributed by atoms with E-state index in [1.807, 2.05) is 0 Å². The van der Waals surface area contributed by atoms with Crippen molar-refractivity contribution >= 4 is 97.7 Å². The summed E-state index contributed by atoms with van der Waals surface area (Å²) in [5.41, 5.74) is 8.14. The predicted octanol–water partition coefficient (Wildman–Crippen LogP) is 14.0. The van der Waals surface area contributed by atoms with Crippen molar-refractivity contribution in [3.05, 3.63) is 158 Å². The molecule has 0 aliphatic rings. The highest BCUT2D eigenvalue weighted by Gasteiger charge is 2.21. The molecule has 12 rings (SSSR count). The smallest absolute Gasteiger partial charge is 0.143 e. The average molecular weight is 635 g/mol. The monoisotopic (exact) mass is 634 g/mol. The fraction of sp³-hybridized carbons (Fsp3) is 0. The highest BCUT2D eigenvalue weighted by Crippen LogP contribution is 2.47. The summed E-state index contributed by atoms with van der Waals surface area (Å²) in [4.78, 5) is 0. The quantitative estimate of drug-likeness (QED) is 0.177. The lowest BCUT2D eigenvalue weighted by Gasteiger charge is -2.15. The normalized spacial score (nSPS) is 12.4. The maximum atomic E-state index is 6.95. The van der Waals surface area contributed by atoms with Crippen LogP contribution >= 0.6 is 0 Å². The van der Waals surface area contributed by atoms with Crippen LogP contribution in [0.15, 0.2) is 167 Å². The zero-order valence-corrected chi connectivity index (χ0v) is 26.8. The van der Waals surface area contributed by atoms with Crippen molar-refractivity contribution in [2.75, 3.05) is 0 Å². The second-order valence-electron chi connectivity index (χ2n) is 13.6. The molecule has 2 aromatic heterocycles. The number of fused-ring (bicyclic) bond motifs is 8. The van der Waals surface area contributed by atoms with E-state index in [4.69, 9.17) is 8.83 Å². The van der Waals surface area contributed by atoms with E-state index in [9.17, 15) is 0 Å². The molecule has 12 aromatic rings. The van der Waals surface area contributed by atoms with E-state index in [0.29, 0.717) is 0 Å². The van der Waals surface area contributed by atoms with Gasteiger partial charge in [-0.2, -0.15) is 0 Å². The lowest BCUT2D eigenvalue weighted by molar-refractivity contribution is 0.668. The van der Waals surface area contributed by atoms with Gasteiger partial charge < -0.3 is 8.83 Å². The zero-order valence-electron chi connectivity index (χ0n) is 26.8. The molecule has 0 radical (unpaired) electrons. The molecular weight excluding hydrogens is 609 g/mol. The van der Waals surface area contributed by atoms with Gasteiger partial charge in [0, 0.05) is 27.1 Å². The van der Waals surface area contributed by atoms with Gasteiger partial charge >= 0.3 is 0 Å². The van der Waals surface area contributed by atoms with E-state index < -0.39 is 0 Å². The van der Waals surface area contributed by atoms with E-state index in [-0.39, 0.29) is 0 Å². The van der Waals surface area contributed by atoms with Gasteiger partial charge in [-0.1, -0.05) is 115 Å². The van der Waals surface area contributed by atoms with Crippen LogP contribution in [0, 0.1) is 0 Å². The Bertz CT molecular complexity index is 3360. The summed E-state index contributed by atoms with van der Waals surface area (Å²) in [5, 5.41) is 17.0.